The van der Waals surface area contributed by atoms with E-state index in [1.165, 1.54) is 6.42 Å². The molecule has 280 valence electrons. The van der Waals surface area contributed by atoms with Crippen LogP contribution in [0.4, 0.5) is 0 Å². The monoisotopic (exact) mass is 842 g/mol. The number of rotatable bonds is 6. The van der Waals surface area contributed by atoms with E-state index < -0.39 is 0 Å². The number of piperidine rings is 2. The van der Waals surface area contributed by atoms with Crippen LogP contribution in [0.3, 0.4) is 0 Å². The highest BCUT2D eigenvalue weighted by Crippen LogP contribution is 2.33. The fraction of sp³-hybridized carbons (Fsp3) is 0.300. The topological polar surface area (TPSA) is 76.3 Å². The number of carbonyl (C=O) groups excluding carboxylic acids is 2. The van der Waals surface area contributed by atoms with Gasteiger partial charge < -0.3 is 9.80 Å². The minimum atomic E-state index is -0.0935. The molecule has 4 aromatic carbocycles. The Morgan fingerprint density at radius 1 is 0.519 bits per heavy atom. The highest BCUT2D eigenvalue weighted by Gasteiger charge is 2.27. The van der Waals surface area contributed by atoms with Crippen LogP contribution in [0.1, 0.15) is 70.6 Å². The molecule has 14 heteroatoms. The highest BCUT2D eigenvalue weighted by molar-refractivity contribution is 6.39. The zero-order valence-electron chi connectivity index (χ0n) is 29.2. The Morgan fingerprint density at radius 3 is 1.56 bits per heavy atom. The molecule has 0 aliphatic carbocycles. The Labute approximate surface area is 343 Å². The second-order valence-electron chi connectivity index (χ2n) is 13.5. The van der Waals surface area contributed by atoms with E-state index in [1.54, 1.807) is 35.0 Å². The second-order valence-corrected chi connectivity index (χ2v) is 16.0. The van der Waals surface area contributed by atoms with Crippen molar-refractivity contribution in [1.82, 2.24) is 29.4 Å². The van der Waals surface area contributed by atoms with Crippen molar-refractivity contribution in [2.24, 2.45) is 0 Å². The Balaban J connectivity index is 0.000000167. The summed E-state index contributed by atoms with van der Waals surface area (Å²) in [7, 11) is 0. The van der Waals surface area contributed by atoms with Gasteiger partial charge in [-0.2, -0.15) is 10.2 Å². The Bertz CT molecular complexity index is 2350. The van der Waals surface area contributed by atoms with Crippen molar-refractivity contribution in [3.63, 3.8) is 0 Å². The van der Waals surface area contributed by atoms with E-state index in [1.807, 2.05) is 56.9 Å². The standard InChI is InChI=1S/C20H17Cl4N3O.C20H19Cl2N3O/c21-13-5-4-12(16(23)9-13)11-27-19-15(8-14(22)10-17(19)24)18(25-27)20(28)26-6-2-1-3-7-26;21-15-9-8-14(17(22)12-15)13-25-18-7-3-2-6-16(18)19(23-25)20(26)24-10-4-1-5-11-24/h4-5,8-10H,1-3,6-7,11H2;2-3,6-9,12H,1,4-5,10-11,13H2. The molecule has 0 atom stereocenters. The maximum atomic E-state index is 13.1. The van der Waals surface area contributed by atoms with Crippen molar-refractivity contribution >= 4 is 103 Å². The molecular formula is C40H36Cl6N6O2. The first kappa shape index (κ1) is 38.8. The van der Waals surface area contributed by atoms with Gasteiger partial charge >= 0.3 is 0 Å². The zero-order chi connectivity index (χ0) is 37.9. The van der Waals surface area contributed by atoms with Gasteiger partial charge in [0, 0.05) is 62.1 Å². The van der Waals surface area contributed by atoms with Crippen molar-refractivity contribution < 1.29 is 9.59 Å². The van der Waals surface area contributed by atoms with Gasteiger partial charge in [-0.25, -0.2) is 0 Å². The number of benzene rings is 4. The third-order valence-corrected chi connectivity index (χ3v) is 11.5. The maximum absolute atomic E-state index is 13.1. The third kappa shape index (κ3) is 8.49. The second kappa shape index (κ2) is 17.1. The van der Waals surface area contributed by atoms with E-state index in [9.17, 15) is 9.59 Å². The summed E-state index contributed by atoms with van der Waals surface area (Å²) in [6.07, 6.45) is 6.47. The number of nitrogens with zero attached hydrogens (tertiary/aromatic N) is 6. The lowest BCUT2D eigenvalue weighted by molar-refractivity contribution is 0.0712. The van der Waals surface area contributed by atoms with E-state index >= 15 is 0 Å². The highest BCUT2D eigenvalue weighted by atomic mass is 35.5. The zero-order valence-corrected chi connectivity index (χ0v) is 33.7. The summed E-state index contributed by atoms with van der Waals surface area (Å²) in [6.45, 7) is 3.95. The first-order valence-corrected chi connectivity index (χ1v) is 20.1. The fourth-order valence-corrected chi connectivity index (χ4v) is 8.56. The van der Waals surface area contributed by atoms with Gasteiger partial charge in [0.1, 0.15) is 0 Å². The summed E-state index contributed by atoms with van der Waals surface area (Å²) in [4.78, 5) is 29.9. The van der Waals surface area contributed by atoms with E-state index in [0.29, 0.717) is 65.5 Å². The van der Waals surface area contributed by atoms with Crippen LogP contribution in [0, 0.1) is 0 Å². The number of hydrogen-bond donors (Lipinski definition) is 0. The molecule has 4 heterocycles. The Hall–Kier alpha value is -3.50. The number of para-hydroxylation sites is 1. The Morgan fingerprint density at radius 2 is 1.00 bits per heavy atom. The van der Waals surface area contributed by atoms with E-state index in [-0.39, 0.29) is 11.8 Å². The quantitative estimate of drug-likeness (QED) is 0.167. The molecule has 8 nitrogen and oxygen atoms in total. The van der Waals surface area contributed by atoms with Crippen LogP contribution in [0.5, 0.6) is 0 Å². The molecule has 0 saturated carbocycles. The summed E-state index contributed by atoms with van der Waals surface area (Å²) in [5.41, 5.74) is 4.23. The molecule has 0 unspecified atom stereocenters. The van der Waals surface area contributed by atoms with Gasteiger partial charge in [-0.05, 0) is 92.1 Å². The van der Waals surface area contributed by atoms with Crippen molar-refractivity contribution in [2.45, 2.75) is 51.6 Å². The van der Waals surface area contributed by atoms with Crippen molar-refractivity contribution in [3.05, 3.63) is 125 Å². The summed E-state index contributed by atoms with van der Waals surface area (Å²) in [6, 6.07) is 22.0. The minimum Gasteiger partial charge on any atom is -0.337 e. The van der Waals surface area contributed by atoms with Crippen LogP contribution in [-0.4, -0.2) is 67.4 Å². The predicted molar refractivity (Wildman–Crippen MR) is 220 cm³/mol. The third-order valence-electron chi connectivity index (χ3n) is 9.78. The van der Waals surface area contributed by atoms with Crippen LogP contribution in [0.2, 0.25) is 30.1 Å². The molecule has 2 amide bonds. The van der Waals surface area contributed by atoms with Gasteiger partial charge in [0.05, 0.1) is 29.1 Å². The number of carbonyl (C=O) groups is 2. The van der Waals surface area contributed by atoms with Gasteiger partial charge in [-0.3, -0.25) is 19.0 Å². The molecule has 6 aromatic rings. The molecule has 2 aliphatic heterocycles. The normalized spacial score (nSPS) is 14.7. The van der Waals surface area contributed by atoms with Crippen molar-refractivity contribution in [3.8, 4) is 0 Å². The molecule has 0 radical (unpaired) electrons. The summed E-state index contributed by atoms with van der Waals surface area (Å²) in [5.74, 6) is -0.0779. The minimum absolute atomic E-state index is 0.0156. The average Bonchev–Trinajstić information content (AvgIpc) is 3.72. The molecular weight excluding hydrogens is 809 g/mol. The van der Waals surface area contributed by atoms with E-state index in [0.717, 1.165) is 80.3 Å². The lowest BCUT2D eigenvalue weighted by atomic mass is 10.1. The summed E-state index contributed by atoms with van der Waals surface area (Å²) >= 11 is 37.3. The Kier molecular flexibility index (Phi) is 12.3. The van der Waals surface area contributed by atoms with Gasteiger partial charge in [0.15, 0.2) is 11.4 Å². The molecule has 2 saturated heterocycles. The van der Waals surface area contributed by atoms with Crippen LogP contribution in [0.25, 0.3) is 21.8 Å². The molecule has 0 N–H and O–H groups in total. The van der Waals surface area contributed by atoms with Crippen LogP contribution in [-0.2, 0) is 13.1 Å². The molecule has 2 aromatic heterocycles. The number of halogens is 6. The number of amides is 2. The van der Waals surface area contributed by atoms with E-state index in [4.69, 9.17) is 69.6 Å². The SMILES string of the molecule is O=C(c1nn(Cc2ccc(Cl)cc2Cl)c2c(Cl)cc(Cl)cc12)N1CCCCC1.O=C(c1nn(Cc2ccc(Cl)cc2Cl)c2ccccc12)N1CCCCC1. The van der Waals surface area contributed by atoms with Gasteiger partial charge in [-0.1, -0.05) is 99.9 Å². The predicted octanol–water partition coefficient (Wildman–Crippen LogP) is 11.3. The molecule has 0 bridgehead atoms. The molecule has 0 spiro atoms. The average molecular weight is 845 g/mol. The number of fused-ring (bicyclic) bond motifs is 2. The summed E-state index contributed by atoms with van der Waals surface area (Å²) < 4.78 is 3.56. The molecule has 54 heavy (non-hydrogen) atoms. The molecule has 2 aliphatic rings. The van der Waals surface area contributed by atoms with Gasteiger partial charge in [-0.15, -0.1) is 0 Å². The number of likely N-dealkylation sites (tertiary alicyclic amines) is 2. The largest absolute Gasteiger partial charge is 0.337 e. The van der Waals surface area contributed by atoms with Crippen molar-refractivity contribution in [1.29, 1.82) is 0 Å². The van der Waals surface area contributed by atoms with Crippen LogP contribution < -0.4 is 0 Å². The maximum Gasteiger partial charge on any atom is 0.275 e. The lowest BCUT2D eigenvalue weighted by Gasteiger charge is -2.25. The first-order chi connectivity index (χ1) is 26.1. The number of aromatic nitrogens is 4. The fourth-order valence-electron chi connectivity index (χ4n) is 7.03. The van der Waals surface area contributed by atoms with E-state index in [2.05, 4.69) is 10.2 Å². The van der Waals surface area contributed by atoms with Crippen LogP contribution >= 0.6 is 69.6 Å². The van der Waals surface area contributed by atoms with Gasteiger partial charge in [0.2, 0.25) is 0 Å². The molecule has 8 rings (SSSR count). The number of hydrogen-bond acceptors (Lipinski definition) is 4. The van der Waals surface area contributed by atoms with Crippen LogP contribution in [0.15, 0.2) is 72.8 Å². The molecule has 2 fully saturated rings. The first-order valence-electron chi connectivity index (χ1n) is 17.8. The summed E-state index contributed by atoms with van der Waals surface area (Å²) in [5, 5.41) is 14.0. The smallest absolute Gasteiger partial charge is 0.275 e. The van der Waals surface area contributed by atoms with Crippen molar-refractivity contribution in [2.75, 3.05) is 26.2 Å². The lowest BCUT2D eigenvalue weighted by Crippen LogP contribution is -2.36. The van der Waals surface area contributed by atoms with Gasteiger partial charge in [0.25, 0.3) is 11.8 Å².